The molecule has 0 radical (unpaired) electrons. The van der Waals surface area contributed by atoms with Crippen LogP contribution < -0.4 is 4.90 Å². The first-order chi connectivity index (χ1) is 14.9. The van der Waals surface area contributed by atoms with Crippen LogP contribution in [0.25, 0.3) is 0 Å². The number of carbonyl (C=O) groups is 3. The van der Waals surface area contributed by atoms with Gasteiger partial charge in [-0.25, -0.2) is 14.0 Å². The van der Waals surface area contributed by atoms with Crippen LogP contribution in [0.1, 0.15) is 15.9 Å². The van der Waals surface area contributed by atoms with E-state index < -0.39 is 23.5 Å². The first-order valence-corrected chi connectivity index (χ1v) is 9.82. The van der Waals surface area contributed by atoms with Crippen molar-refractivity contribution in [1.29, 1.82) is 0 Å². The molecular formula is C23H17BrFNO5. The Morgan fingerprint density at radius 1 is 0.935 bits per heavy atom. The van der Waals surface area contributed by atoms with Crippen molar-refractivity contribution in [2.24, 2.45) is 0 Å². The molecular weight excluding hydrogens is 469 g/mol. The molecule has 0 unspecified atom stereocenters. The van der Waals surface area contributed by atoms with Gasteiger partial charge in [0.2, 0.25) is 0 Å². The van der Waals surface area contributed by atoms with Gasteiger partial charge >= 0.3 is 11.9 Å². The molecule has 1 aliphatic heterocycles. The third-order valence-corrected chi connectivity index (χ3v) is 4.96. The molecule has 1 heterocycles. The van der Waals surface area contributed by atoms with Gasteiger partial charge in [-0.3, -0.25) is 4.79 Å². The maximum atomic E-state index is 14.3. The molecule has 1 aliphatic rings. The number of ketones is 1. The van der Waals surface area contributed by atoms with E-state index in [9.17, 15) is 18.8 Å². The Balaban J connectivity index is 2.26. The van der Waals surface area contributed by atoms with E-state index in [1.165, 1.54) is 55.7 Å². The first-order valence-electron chi connectivity index (χ1n) is 9.02. The van der Waals surface area contributed by atoms with Gasteiger partial charge in [-0.15, -0.1) is 0 Å². The normalized spacial score (nSPS) is 13.1. The third-order valence-electron chi connectivity index (χ3n) is 4.47. The van der Waals surface area contributed by atoms with Crippen LogP contribution in [0.15, 0.2) is 82.6 Å². The number of anilines is 1. The third kappa shape index (κ3) is 4.49. The Hall–Kier alpha value is -3.52. The lowest BCUT2D eigenvalue weighted by molar-refractivity contribution is -0.139. The quantitative estimate of drug-likeness (QED) is 0.464. The summed E-state index contributed by atoms with van der Waals surface area (Å²) in [4.78, 5) is 39.6. The van der Waals surface area contributed by atoms with Crippen molar-refractivity contribution in [2.45, 2.75) is 0 Å². The van der Waals surface area contributed by atoms with E-state index in [4.69, 9.17) is 9.47 Å². The second-order valence-corrected chi connectivity index (χ2v) is 7.20. The second kappa shape index (κ2) is 9.53. The molecule has 0 spiro atoms. The number of hydrogen-bond donors (Lipinski definition) is 0. The summed E-state index contributed by atoms with van der Waals surface area (Å²) in [6, 6.07) is 10.4. The lowest BCUT2D eigenvalue weighted by Crippen LogP contribution is -2.28. The highest BCUT2D eigenvalue weighted by molar-refractivity contribution is 9.10. The molecule has 158 valence electrons. The van der Waals surface area contributed by atoms with Gasteiger partial charge in [-0.2, -0.15) is 0 Å². The molecule has 0 saturated heterocycles. The van der Waals surface area contributed by atoms with E-state index in [1.807, 2.05) is 0 Å². The van der Waals surface area contributed by atoms with Crippen molar-refractivity contribution in [2.75, 3.05) is 19.1 Å². The minimum atomic E-state index is -0.816. The fourth-order valence-electron chi connectivity index (χ4n) is 3.04. The molecule has 31 heavy (non-hydrogen) atoms. The van der Waals surface area contributed by atoms with Gasteiger partial charge in [0.1, 0.15) is 11.5 Å². The zero-order valence-electron chi connectivity index (χ0n) is 16.6. The number of rotatable bonds is 5. The van der Waals surface area contributed by atoms with Crippen LogP contribution in [0, 0.1) is 5.82 Å². The molecule has 2 aromatic carbocycles. The predicted molar refractivity (Wildman–Crippen MR) is 116 cm³/mol. The smallest absolute Gasteiger partial charge is 0.355 e. The van der Waals surface area contributed by atoms with Gasteiger partial charge in [-0.1, -0.05) is 34.1 Å². The summed E-state index contributed by atoms with van der Waals surface area (Å²) < 4.78 is 24.6. The summed E-state index contributed by atoms with van der Waals surface area (Å²) in [7, 11) is 2.36. The largest absolute Gasteiger partial charge is 0.465 e. The standard InChI is InChI=1S/C23H17BrFNO5/c1-30-22(28)16-8-5-6-12-26(20(16)23(29)31-2)19-11-10-14(24)13-17(19)21(27)15-7-3-4-9-18(15)25/h3-13H,1-2H3. The van der Waals surface area contributed by atoms with E-state index in [0.29, 0.717) is 4.47 Å². The lowest BCUT2D eigenvalue weighted by atomic mass is 10.00. The Morgan fingerprint density at radius 3 is 2.32 bits per heavy atom. The number of hydrogen-bond acceptors (Lipinski definition) is 6. The molecule has 0 N–H and O–H groups in total. The monoisotopic (exact) mass is 485 g/mol. The van der Waals surface area contributed by atoms with Crippen LogP contribution in [0.2, 0.25) is 0 Å². The summed E-state index contributed by atoms with van der Waals surface area (Å²) in [6.07, 6.45) is 6.04. The molecule has 0 aromatic heterocycles. The van der Waals surface area contributed by atoms with Gasteiger partial charge in [0.05, 0.1) is 31.0 Å². The van der Waals surface area contributed by atoms with Crippen LogP contribution in [-0.2, 0) is 19.1 Å². The minimum Gasteiger partial charge on any atom is -0.465 e. The highest BCUT2D eigenvalue weighted by Gasteiger charge is 2.30. The molecule has 0 atom stereocenters. The van der Waals surface area contributed by atoms with E-state index in [-0.39, 0.29) is 28.1 Å². The van der Waals surface area contributed by atoms with Gasteiger partial charge < -0.3 is 14.4 Å². The van der Waals surface area contributed by atoms with Gasteiger partial charge in [0, 0.05) is 16.2 Å². The highest BCUT2D eigenvalue weighted by Crippen LogP contribution is 2.33. The number of methoxy groups -OCH3 is 2. The maximum Gasteiger partial charge on any atom is 0.355 e. The van der Waals surface area contributed by atoms with Crippen LogP contribution in [0.3, 0.4) is 0 Å². The van der Waals surface area contributed by atoms with Gasteiger partial charge in [0.15, 0.2) is 5.78 Å². The maximum absolute atomic E-state index is 14.3. The van der Waals surface area contributed by atoms with Crippen LogP contribution in [0.5, 0.6) is 0 Å². The molecule has 0 amide bonds. The topological polar surface area (TPSA) is 72.9 Å². The van der Waals surface area contributed by atoms with Crippen molar-refractivity contribution in [1.82, 2.24) is 0 Å². The highest BCUT2D eigenvalue weighted by atomic mass is 79.9. The Bertz CT molecular complexity index is 1150. The van der Waals surface area contributed by atoms with E-state index in [2.05, 4.69) is 15.9 Å². The van der Waals surface area contributed by atoms with Crippen molar-refractivity contribution in [3.63, 3.8) is 0 Å². The number of benzene rings is 2. The average Bonchev–Trinajstić information content (AvgIpc) is 3.00. The first kappa shape index (κ1) is 22.2. The number of ether oxygens (including phenoxy) is 2. The molecule has 0 saturated carbocycles. The SMILES string of the molecule is COC(=O)C1=C(C(=O)OC)N(c2ccc(Br)cc2C(=O)c2ccccc2F)C=CC=C1. The molecule has 8 heteroatoms. The number of esters is 2. The molecule has 3 rings (SSSR count). The fraction of sp³-hybridized carbons (Fsp3) is 0.0870. The Kier molecular flexibility index (Phi) is 6.81. The fourth-order valence-corrected chi connectivity index (χ4v) is 3.40. The predicted octanol–water partition coefficient (Wildman–Crippen LogP) is 4.31. The molecule has 2 aromatic rings. The van der Waals surface area contributed by atoms with Crippen molar-refractivity contribution >= 4 is 39.3 Å². The number of halogens is 2. The summed E-state index contributed by atoms with van der Waals surface area (Å²) in [6.45, 7) is 0. The summed E-state index contributed by atoms with van der Waals surface area (Å²) >= 11 is 3.33. The lowest BCUT2D eigenvalue weighted by Gasteiger charge is -2.25. The average molecular weight is 486 g/mol. The van der Waals surface area contributed by atoms with E-state index in [0.717, 1.165) is 0 Å². The zero-order valence-corrected chi connectivity index (χ0v) is 18.2. The minimum absolute atomic E-state index is 0.0634. The van der Waals surface area contributed by atoms with Crippen LogP contribution in [0.4, 0.5) is 10.1 Å². The summed E-state index contributed by atoms with van der Waals surface area (Å²) in [5, 5.41) is 0. The Labute approximate surface area is 186 Å². The summed E-state index contributed by atoms with van der Waals surface area (Å²) in [5.74, 6) is -2.84. The second-order valence-electron chi connectivity index (χ2n) is 6.29. The van der Waals surface area contributed by atoms with Crippen molar-refractivity contribution < 1.29 is 28.2 Å². The molecule has 0 bridgehead atoms. The molecule has 0 fully saturated rings. The Morgan fingerprint density at radius 2 is 1.65 bits per heavy atom. The number of carbonyl (C=O) groups excluding carboxylic acids is 3. The van der Waals surface area contributed by atoms with Gasteiger partial charge in [-0.05, 0) is 42.5 Å². The van der Waals surface area contributed by atoms with E-state index >= 15 is 0 Å². The van der Waals surface area contributed by atoms with E-state index in [1.54, 1.807) is 30.4 Å². The molecule has 0 aliphatic carbocycles. The summed E-state index contributed by atoms with van der Waals surface area (Å²) in [5.41, 5.74) is 0.0150. The van der Waals surface area contributed by atoms with Gasteiger partial charge in [0.25, 0.3) is 0 Å². The van der Waals surface area contributed by atoms with Crippen molar-refractivity contribution in [3.05, 3.63) is 99.6 Å². The van der Waals surface area contributed by atoms with Crippen LogP contribution >= 0.6 is 15.9 Å². The number of allylic oxidation sites excluding steroid dienone is 2. The van der Waals surface area contributed by atoms with Crippen molar-refractivity contribution in [3.8, 4) is 0 Å². The number of nitrogens with zero attached hydrogens (tertiary/aromatic N) is 1. The molecule has 6 nitrogen and oxygen atoms in total. The van der Waals surface area contributed by atoms with Crippen LogP contribution in [-0.4, -0.2) is 31.9 Å². The zero-order chi connectivity index (χ0) is 22.5.